The van der Waals surface area contributed by atoms with E-state index in [1.165, 1.54) is 212 Å². The standard InChI is InChI=1S/C59H110O6/c1-4-7-10-13-16-19-22-24-26-28-29-31-33-35-38-40-43-46-49-52-58(61)64-55-56(65-59(62)53-50-47-44-41-36-21-18-15-12-9-6-3)54-63-57(60)51-48-45-42-39-37-34-32-30-27-25-23-20-17-14-11-8-5-2/h16,19,24,26,56H,4-15,17-18,20-23,25,27-55H2,1-3H3/b19-16-,26-24-/t56-/m0/s1. The Balaban J connectivity index is 4.26. The summed E-state index contributed by atoms with van der Waals surface area (Å²) in [6.45, 7) is 6.65. The van der Waals surface area contributed by atoms with Gasteiger partial charge >= 0.3 is 17.9 Å². The largest absolute Gasteiger partial charge is 0.462 e. The van der Waals surface area contributed by atoms with E-state index in [1.807, 2.05) is 0 Å². The molecule has 0 saturated carbocycles. The molecule has 0 aromatic heterocycles. The smallest absolute Gasteiger partial charge is 0.306 e. The lowest BCUT2D eigenvalue weighted by molar-refractivity contribution is -0.167. The lowest BCUT2D eigenvalue weighted by Crippen LogP contribution is -2.30. The number of rotatable bonds is 53. The van der Waals surface area contributed by atoms with Gasteiger partial charge in [0, 0.05) is 19.3 Å². The van der Waals surface area contributed by atoms with Crippen molar-refractivity contribution < 1.29 is 28.6 Å². The molecule has 0 aliphatic carbocycles. The van der Waals surface area contributed by atoms with E-state index in [4.69, 9.17) is 14.2 Å². The van der Waals surface area contributed by atoms with E-state index in [0.29, 0.717) is 19.3 Å². The van der Waals surface area contributed by atoms with Gasteiger partial charge in [-0.1, -0.05) is 270 Å². The number of esters is 3. The zero-order valence-electron chi connectivity index (χ0n) is 43.8. The predicted molar refractivity (Wildman–Crippen MR) is 279 cm³/mol. The Kier molecular flexibility index (Phi) is 52.7. The molecular weight excluding hydrogens is 805 g/mol. The zero-order chi connectivity index (χ0) is 47.2. The fourth-order valence-corrected chi connectivity index (χ4v) is 8.59. The van der Waals surface area contributed by atoms with Crippen LogP contribution in [-0.2, 0) is 28.6 Å². The number of ether oxygens (including phenoxy) is 3. The molecule has 0 radical (unpaired) electrons. The number of carbonyl (C=O) groups is 3. The van der Waals surface area contributed by atoms with E-state index < -0.39 is 6.10 Å². The number of allylic oxidation sites excluding steroid dienone is 4. The first kappa shape index (κ1) is 62.9. The number of unbranched alkanes of at least 4 members (excludes halogenated alkanes) is 38. The maximum absolute atomic E-state index is 12.8. The average molecular weight is 916 g/mol. The molecule has 0 saturated heterocycles. The van der Waals surface area contributed by atoms with Crippen molar-refractivity contribution >= 4 is 17.9 Å². The van der Waals surface area contributed by atoms with E-state index in [0.717, 1.165) is 64.2 Å². The third-order valence-corrected chi connectivity index (χ3v) is 13.0. The summed E-state index contributed by atoms with van der Waals surface area (Å²) in [6, 6.07) is 0. The van der Waals surface area contributed by atoms with Crippen LogP contribution < -0.4 is 0 Å². The molecule has 0 aromatic rings. The van der Waals surface area contributed by atoms with Crippen molar-refractivity contribution in [2.75, 3.05) is 13.2 Å². The number of carbonyl (C=O) groups excluding carboxylic acids is 3. The monoisotopic (exact) mass is 915 g/mol. The summed E-state index contributed by atoms with van der Waals surface area (Å²) in [7, 11) is 0. The van der Waals surface area contributed by atoms with Gasteiger partial charge < -0.3 is 14.2 Å². The Hall–Kier alpha value is -2.11. The van der Waals surface area contributed by atoms with Crippen LogP contribution in [0.2, 0.25) is 0 Å². The van der Waals surface area contributed by atoms with Gasteiger partial charge in [0.2, 0.25) is 0 Å². The highest BCUT2D eigenvalue weighted by Crippen LogP contribution is 2.17. The average Bonchev–Trinajstić information content (AvgIpc) is 3.30. The molecule has 0 aliphatic rings. The second-order valence-electron chi connectivity index (χ2n) is 19.6. The van der Waals surface area contributed by atoms with Crippen molar-refractivity contribution in [1.82, 2.24) is 0 Å². The Morgan fingerprint density at radius 2 is 0.554 bits per heavy atom. The van der Waals surface area contributed by atoms with Crippen molar-refractivity contribution in [3.05, 3.63) is 24.3 Å². The van der Waals surface area contributed by atoms with Gasteiger partial charge in [-0.3, -0.25) is 14.4 Å². The number of hydrogen-bond donors (Lipinski definition) is 0. The van der Waals surface area contributed by atoms with Gasteiger partial charge in [0.25, 0.3) is 0 Å². The van der Waals surface area contributed by atoms with Crippen LogP contribution in [0.15, 0.2) is 24.3 Å². The Morgan fingerprint density at radius 3 is 0.877 bits per heavy atom. The van der Waals surface area contributed by atoms with E-state index in [9.17, 15) is 14.4 Å². The Morgan fingerprint density at radius 1 is 0.308 bits per heavy atom. The first-order valence-corrected chi connectivity index (χ1v) is 28.8. The fourth-order valence-electron chi connectivity index (χ4n) is 8.59. The molecule has 0 unspecified atom stereocenters. The summed E-state index contributed by atoms with van der Waals surface area (Å²) in [5.41, 5.74) is 0. The first-order valence-electron chi connectivity index (χ1n) is 28.8. The third-order valence-electron chi connectivity index (χ3n) is 13.0. The second-order valence-corrected chi connectivity index (χ2v) is 19.6. The Labute approximate surface area is 404 Å². The zero-order valence-corrected chi connectivity index (χ0v) is 43.8. The molecule has 0 rings (SSSR count). The summed E-state index contributed by atoms with van der Waals surface area (Å²) in [6.07, 6.45) is 63.1. The van der Waals surface area contributed by atoms with E-state index >= 15 is 0 Å². The van der Waals surface area contributed by atoms with Gasteiger partial charge in [0.1, 0.15) is 13.2 Å². The molecule has 65 heavy (non-hydrogen) atoms. The SMILES string of the molecule is CCCCC/C=C\C/C=C\CCCCCCCCCCCC(=O)OC[C@H](COC(=O)CCCCCCCCCCCCCCCCCCC)OC(=O)CCCCCCCCCCCCC. The molecule has 382 valence electrons. The van der Waals surface area contributed by atoms with Crippen molar-refractivity contribution in [1.29, 1.82) is 0 Å². The summed E-state index contributed by atoms with van der Waals surface area (Å²) in [5.74, 6) is -0.851. The van der Waals surface area contributed by atoms with Gasteiger partial charge in [0.05, 0.1) is 0 Å². The maximum Gasteiger partial charge on any atom is 0.306 e. The predicted octanol–water partition coefficient (Wildman–Crippen LogP) is 19.1. The minimum absolute atomic E-state index is 0.0668. The highest BCUT2D eigenvalue weighted by atomic mass is 16.6. The molecule has 6 heteroatoms. The molecule has 6 nitrogen and oxygen atoms in total. The van der Waals surface area contributed by atoms with Crippen LogP contribution in [0.1, 0.15) is 316 Å². The normalized spacial score (nSPS) is 12.1. The lowest BCUT2D eigenvalue weighted by Gasteiger charge is -2.18. The Bertz CT molecular complexity index is 1050. The highest BCUT2D eigenvalue weighted by Gasteiger charge is 2.19. The first-order chi connectivity index (χ1) is 32.0. The number of hydrogen-bond acceptors (Lipinski definition) is 6. The second kappa shape index (κ2) is 54.5. The lowest BCUT2D eigenvalue weighted by atomic mass is 10.0. The topological polar surface area (TPSA) is 78.9 Å². The molecular formula is C59H110O6. The van der Waals surface area contributed by atoms with Crippen molar-refractivity contribution in [2.24, 2.45) is 0 Å². The van der Waals surface area contributed by atoms with Crippen LogP contribution in [0, 0.1) is 0 Å². The summed E-state index contributed by atoms with van der Waals surface area (Å²) >= 11 is 0. The molecule has 0 fully saturated rings. The maximum atomic E-state index is 12.8. The van der Waals surface area contributed by atoms with Gasteiger partial charge in [-0.25, -0.2) is 0 Å². The van der Waals surface area contributed by atoms with Crippen LogP contribution in [0.25, 0.3) is 0 Å². The third kappa shape index (κ3) is 52.7. The fraction of sp³-hybridized carbons (Fsp3) is 0.881. The van der Waals surface area contributed by atoms with Crippen LogP contribution >= 0.6 is 0 Å². The van der Waals surface area contributed by atoms with Gasteiger partial charge in [-0.15, -0.1) is 0 Å². The summed E-state index contributed by atoms with van der Waals surface area (Å²) in [5, 5.41) is 0. The molecule has 0 heterocycles. The summed E-state index contributed by atoms with van der Waals surface area (Å²) < 4.78 is 16.9. The molecule has 0 amide bonds. The van der Waals surface area contributed by atoms with Crippen LogP contribution in [0.4, 0.5) is 0 Å². The molecule has 0 aliphatic heterocycles. The quantitative estimate of drug-likeness (QED) is 0.0262. The van der Waals surface area contributed by atoms with Crippen LogP contribution in [-0.4, -0.2) is 37.2 Å². The molecule has 0 bridgehead atoms. The van der Waals surface area contributed by atoms with Crippen LogP contribution in [0.5, 0.6) is 0 Å². The highest BCUT2D eigenvalue weighted by molar-refractivity contribution is 5.71. The van der Waals surface area contributed by atoms with Gasteiger partial charge in [-0.05, 0) is 51.4 Å². The van der Waals surface area contributed by atoms with Gasteiger partial charge in [0.15, 0.2) is 6.10 Å². The van der Waals surface area contributed by atoms with Crippen molar-refractivity contribution in [2.45, 2.75) is 322 Å². The van der Waals surface area contributed by atoms with Crippen molar-refractivity contribution in [3.63, 3.8) is 0 Å². The molecule has 1 atom stereocenters. The summed E-state index contributed by atoms with van der Waals surface area (Å²) in [4.78, 5) is 38.1. The van der Waals surface area contributed by atoms with Gasteiger partial charge in [-0.2, -0.15) is 0 Å². The molecule has 0 N–H and O–H groups in total. The molecule has 0 spiro atoms. The minimum Gasteiger partial charge on any atom is -0.462 e. The van der Waals surface area contributed by atoms with E-state index in [2.05, 4.69) is 45.1 Å². The van der Waals surface area contributed by atoms with E-state index in [1.54, 1.807) is 0 Å². The molecule has 0 aromatic carbocycles. The van der Waals surface area contributed by atoms with Crippen LogP contribution in [0.3, 0.4) is 0 Å². The van der Waals surface area contributed by atoms with E-state index in [-0.39, 0.29) is 31.1 Å². The van der Waals surface area contributed by atoms with Crippen molar-refractivity contribution in [3.8, 4) is 0 Å². The minimum atomic E-state index is -0.767.